The number of carbonyl (C=O) groups excluding carboxylic acids is 2. The van der Waals surface area contributed by atoms with Gasteiger partial charge in [0.15, 0.2) is 0 Å². The zero-order valence-corrected chi connectivity index (χ0v) is 22.3. The molecule has 1 aromatic rings. The summed E-state index contributed by atoms with van der Waals surface area (Å²) in [7, 11) is 0. The van der Waals surface area contributed by atoms with Gasteiger partial charge >= 0.3 is 12.2 Å². The number of hydrogen-bond acceptors (Lipinski definition) is 6. The predicted molar refractivity (Wildman–Crippen MR) is 138 cm³/mol. The van der Waals surface area contributed by atoms with Crippen LogP contribution < -0.4 is 0 Å². The molecule has 4 fully saturated rings. The first kappa shape index (κ1) is 25.0. The van der Waals surface area contributed by atoms with Crippen molar-refractivity contribution in [2.45, 2.75) is 101 Å². The van der Waals surface area contributed by atoms with Crippen LogP contribution in [-0.2, 0) is 26.2 Å². The Labute approximate surface area is 220 Å². The van der Waals surface area contributed by atoms with Crippen molar-refractivity contribution < 1.29 is 23.8 Å². The number of likely N-dealkylation sites (tertiary alicyclic amines) is 1. The highest BCUT2D eigenvalue weighted by atomic mass is 16.6. The lowest BCUT2D eigenvalue weighted by Gasteiger charge is -2.51. The summed E-state index contributed by atoms with van der Waals surface area (Å²) in [6, 6.07) is 9.73. The molecule has 4 saturated heterocycles. The molecule has 2 amide bonds. The fourth-order valence-electron chi connectivity index (χ4n) is 7.59. The third-order valence-corrected chi connectivity index (χ3v) is 9.38. The van der Waals surface area contributed by atoms with E-state index in [-0.39, 0.29) is 41.9 Å². The number of fused-ring (bicyclic) bond motifs is 4. The Bertz CT molecular complexity index is 987. The van der Waals surface area contributed by atoms with Gasteiger partial charge in [0, 0.05) is 43.1 Å². The minimum absolute atomic E-state index is 0.0197. The number of piperidine rings is 2. The number of benzene rings is 1. The smallest absolute Gasteiger partial charge is 0.410 e. The van der Waals surface area contributed by atoms with E-state index in [2.05, 4.69) is 34.1 Å². The van der Waals surface area contributed by atoms with Crippen LogP contribution in [0.1, 0.15) is 69.9 Å². The van der Waals surface area contributed by atoms with Gasteiger partial charge in [0.25, 0.3) is 0 Å². The lowest BCUT2D eigenvalue weighted by Crippen LogP contribution is -2.58. The van der Waals surface area contributed by atoms with Gasteiger partial charge in [-0.25, -0.2) is 9.59 Å². The quantitative estimate of drug-likeness (QED) is 0.603. The summed E-state index contributed by atoms with van der Waals surface area (Å²) in [6.45, 7) is 8.43. The Kier molecular flexibility index (Phi) is 6.82. The number of nitrogens with zero attached hydrogens (tertiary/aromatic N) is 3. The maximum Gasteiger partial charge on any atom is 0.410 e. The van der Waals surface area contributed by atoms with Crippen molar-refractivity contribution in [2.75, 3.05) is 32.8 Å². The van der Waals surface area contributed by atoms with Gasteiger partial charge in [-0.3, -0.25) is 0 Å². The van der Waals surface area contributed by atoms with Gasteiger partial charge in [-0.05, 0) is 76.6 Å². The third kappa shape index (κ3) is 4.83. The molecule has 6 rings (SSSR count). The molecular weight excluding hydrogens is 470 g/mol. The second-order valence-corrected chi connectivity index (χ2v) is 12.0. The maximum absolute atomic E-state index is 13.0. The van der Waals surface area contributed by atoms with E-state index in [4.69, 9.17) is 14.2 Å². The van der Waals surface area contributed by atoms with Crippen LogP contribution in [0.5, 0.6) is 0 Å². The molecule has 8 nitrogen and oxygen atoms in total. The van der Waals surface area contributed by atoms with Crippen molar-refractivity contribution in [3.63, 3.8) is 0 Å². The molecule has 0 aromatic heterocycles. The van der Waals surface area contributed by atoms with Gasteiger partial charge < -0.3 is 28.9 Å². The van der Waals surface area contributed by atoms with Gasteiger partial charge in [0.05, 0.1) is 19.3 Å². The van der Waals surface area contributed by atoms with Crippen LogP contribution in [0.4, 0.5) is 9.59 Å². The van der Waals surface area contributed by atoms with Crippen LogP contribution in [0.3, 0.4) is 0 Å². The van der Waals surface area contributed by atoms with Gasteiger partial charge in [-0.2, -0.15) is 0 Å². The monoisotopic (exact) mass is 511 g/mol. The zero-order chi connectivity index (χ0) is 25.6. The molecule has 202 valence electrons. The lowest BCUT2D eigenvalue weighted by molar-refractivity contribution is 0.00393. The summed E-state index contributed by atoms with van der Waals surface area (Å²) in [5, 5.41) is 0. The minimum atomic E-state index is -0.202. The Morgan fingerprint density at radius 3 is 2.41 bits per heavy atom. The van der Waals surface area contributed by atoms with Crippen LogP contribution in [0.2, 0.25) is 0 Å². The topological polar surface area (TPSA) is 71.6 Å². The molecule has 3 atom stereocenters. The second-order valence-electron chi connectivity index (χ2n) is 12.0. The van der Waals surface area contributed by atoms with Crippen LogP contribution in [-0.4, -0.2) is 90.1 Å². The van der Waals surface area contributed by atoms with Crippen LogP contribution in [0.15, 0.2) is 24.3 Å². The van der Waals surface area contributed by atoms with Crippen molar-refractivity contribution in [1.82, 2.24) is 14.7 Å². The molecule has 1 aromatic carbocycles. The predicted octanol–water partition coefficient (Wildman–Crippen LogP) is 4.30. The van der Waals surface area contributed by atoms with E-state index in [1.165, 1.54) is 11.1 Å². The summed E-state index contributed by atoms with van der Waals surface area (Å²) in [6.07, 6.45) is 6.56. The summed E-state index contributed by atoms with van der Waals surface area (Å²) < 4.78 is 16.7. The molecule has 1 spiro atoms. The first-order valence-electron chi connectivity index (χ1n) is 14.3. The molecule has 0 aliphatic carbocycles. The van der Waals surface area contributed by atoms with E-state index < -0.39 is 0 Å². The highest BCUT2D eigenvalue weighted by Crippen LogP contribution is 2.44. The maximum atomic E-state index is 13.0. The first-order chi connectivity index (χ1) is 17.9. The number of carbonyl (C=O) groups is 2. The Morgan fingerprint density at radius 2 is 1.73 bits per heavy atom. The zero-order valence-electron chi connectivity index (χ0n) is 22.3. The van der Waals surface area contributed by atoms with Crippen LogP contribution in [0.25, 0.3) is 0 Å². The molecule has 0 N–H and O–H groups in total. The molecule has 0 saturated carbocycles. The van der Waals surface area contributed by atoms with E-state index in [0.29, 0.717) is 25.8 Å². The first-order valence-corrected chi connectivity index (χ1v) is 14.3. The van der Waals surface area contributed by atoms with Crippen molar-refractivity contribution in [2.24, 2.45) is 0 Å². The highest BCUT2D eigenvalue weighted by molar-refractivity contribution is 5.70. The van der Waals surface area contributed by atoms with E-state index in [1.54, 1.807) is 0 Å². The highest BCUT2D eigenvalue weighted by Gasteiger charge is 2.49. The largest absolute Gasteiger partial charge is 0.447 e. The molecular formula is C29H41N3O5. The minimum Gasteiger partial charge on any atom is -0.447 e. The van der Waals surface area contributed by atoms with Gasteiger partial charge in [-0.1, -0.05) is 24.3 Å². The van der Waals surface area contributed by atoms with Crippen molar-refractivity contribution >= 4 is 12.2 Å². The van der Waals surface area contributed by atoms with Gasteiger partial charge in [-0.15, -0.1) is 0 Å². The summed E-state index contributed by atoms with van der Waals surface area (Å²) in [4.78, 5) is 32.5. The van der Waals surface area contributed by atoms with Crippen molar-refractivity contribution in [3.05, 3.63) is 35.4 Å². The Hall–Kier alpha value is -2.32. The van der Waals surface area contributed by atoms with E-state index >= 15 is 0 Å². The molecule has 5 heterocycles. The van der Waals surface area contributed by atoms with E-state index in [9.17, 15) is 9.59 Å². The van der Waals surface area contributed by atoms with Crippen molar-refractivity contribution in [1.29, 1.82) is 0 Å². The molecule has 0 radical (unpaired) electrons. The number of ether oxygens (including phenoxy) is 3. The average molecular weight is 512 g/mol. The van der Waals surface area contributed by atoms with E-state index in [0.717, 1.165) is 64.6 Å². The molecule has 5 aliphatic rings. The number of hydrogen-bond donors (Lipinski definition) is 0. The molecule has 8 heteroatoms. The van der Waals surface area contributed by atoms with E-state index in [1.807, 2.05) is 18.7 Å². The standard InChI is InChI=1S/C29H41N3O5/c1-20(2)36-27(33)31-17-21-5-3-4-6-26(21)29(19-31)10-12-30(13-11-29)24-15-22-7-8-23(16-24)32(22)28(34)37-25-9-14-35-18-25/h3-6,20,22-25H,7-19H2,1-2H3/t22?,23?,24?,25-/m0/s1. The Morgan fingerprint density at radius 1 is 1.00 bits per heavy atom. The van der Waals surface area contributed by atoms with Crippen LogP contribution in [0, 0.1) is 0 Å². The second kappa shape index (κ2) is 10.1. The average Bonchev–Trinajstić information content (AvgIpc) is 3.49. The number of amides is 2. The SMILES string of the molecule is CC(C)OC(=O)N1Cc2ccccc2C2(CCN(C3CC4CCC(C3)N4C(=O)O[C@H]3CCOC3)CC2)C1. The van der Waals surface area contributed by atoms with Gasteiger partial charge in [0.1, 0.15) is 6.10 Å². The molecule has 37 heavy (non-hydrogen) atoms. The summed E-state index contributed by atoms with van der Waals surface area (Å²) in [5.41, 5.74) is 2.64. The van der Waals surface area contributed by atoms with Gasteiger partial charge in [0.2, 0.25) is 0 Å². The number of rotatable bonds is 3. The fourth-order valence-corrected chi connectivity index (χ4v) is 7.59. The fraction of sp³-hybridized carbons (Fsp3) is 0.724. The third-order valence-electron chi connectivity index (χ3n) is 9.38. The normalized spacial score (nSPS) is 31.0. The summed E-state index contributed by atoms with van der Waals surface area (Å²) in [5.74, 6) is 0. The summed E-state index contributed by atoms with van der Waals surface area (Å²) >= 11 is 0. The lowest BCUT2D eigenvalue weighted by atomic mass is 9.68. The Balaban J connectivity index is 1.11. The molecule has 2 unspecified atom stereocenters. The van der Waals surface area contributed by atoms with Crippen LogP contribution >= 0.6 is 0 Å². The molecule has 2 bridgehead atoms. The van der Waals surface area contributed by atoms with Crippen molar-refractivity contribution in [3.8, 4) is 0 Å². The molecule has 5 aliphatic heterocycles.